The Balaban J connectivity index is 1.33. The summed E-state index contributed by atoms with van der Waals surface area (Å²) >= 11 is 0. The Kier molecular flexibility index (Phi) is 4.53. The zero-order valence-corrected chi connectivity index (χ0v) is 16.5. The van der Waals surface area contributed by atoms with E-state index >= 15 is 0 Å². The van der Waals surface area contributed by atoms with Crippen LogP contribution in [0, 0.1) is 23.7 Å². The number of hydrogen-bond donors (Lipinski definition) is 1. The van der Waals surface area contributed by atoms with Crippen molar-refractivity contribution in [3.05, 3.63) is 35.9 Å². The average Bonchev–Trinajstić information content (AvgIpc) is 3.53. The lowest BCUT2D eigenvalue weighted by Crippen LogP contribution is -2.41. The van der Waals surface area contributed by atoms with E-state index < -0.39 is 5.60 Å². The molecule has 0 aromatic heterocycles. The molecule has 4 rings (SSSR count). The monoisotopic (exact) mass is 370 g/mol. The van der Waals surface area contributed by atoms with Gasteiger partial charge >= 0.3 is 0 Å². The van der Waals surface area contributed by atoms with Crippen LogP contribution < -0.4 is 0 Å². The lowest BCUT2D eigenvalue weighted by Gasteiger charge is -2.30. The number of carbonyl (C=O) groups excluding carboxylic acids is 2. The molecule has 2 saturated carbocycles. The molecular formula is C22H30N2O3. The van der Waals surface area contributed by atoms with Crippen molar-refractivity contribution in [2.24, 2.45) is 23.7 Å². The van der Waals surface area contributed by atoms with Crippen LogP contribution in [0.4, 0.5) is 0 Å². The first-order valence-corrected chi connectivity index (χ1v) is 10.2. The fourth-order valence-electron chi connectivity index (χ4n) is 4.89. The van der Waals surface area contributed by atoms with Crippen LogP contribution in [0.3, 0.4) is 0 Å². The number of nitrogens with zero attached hydrogens (tertiary/aromatic N) is 2. The van der Waals surface area contributed by atoms with E-state index in [-0.39, 0.29) is 24.2 Å². The van der Waals surface area contributed by atoms with Crippen molar-refractivity contribution in [2.75, 3.05) is 20.1 Å². The van der Waals surface area contributed by atoms with Gasteiger partial charge in [-0.15, -0.1) is 0 Å². The lowest BCUT2D eigenvalue weighted by atomic mass is 9.87. The number of fused-ring (bicyclic) bond motifs is 1. The van der Waals surface area contributed by atoms with Gasteiger partial charge in [-0.3, -0.25) is 9.59 Å². The third kappa shape index (κ3) is 3.27. The second kappa shape index (κ2) is 6.62. The van der Waals surface area contributed by atoms with E-state index in [2.05, 4.69) is 6.92 Å². The molecule has 1 aromatic carbocycles. The summed E-state index contributed by atoms with van der Waals surface area (Å²) in [4.78, 5) is 29.1. The van der Waals surface area contributed by atoms with Gasteiger partial charge in [0.25, 0.3) is 0 Å². The molecule has 1 aliphatic heterocycles. The summed E-state index contributed by atoms with van der Waals surface area (Å²) in [6, 6.07) is 9.76. The maximum atomic E-state index is 12.8. The molecule has 5 heteroatoms. The van der Waals surface area contributed by atoms with E-state index in [4.69, 9.17) is 0 Å². The lowest BCUT2D eigenvalue weighted by molar-refractivity contribution is -0.137. The second-order valence-corrected chi connectivity index (χ2v) is 8.81. The molecule has 2 unspecified atom stereocenters. The molecule has 3 aliphatic rings. The Bertz CT molecular complexity index is 724. The van der Waals surface area contributed by atoms with Crippen LogP contribution in [0.1, 0.15) is 38.7 Å². The highest BCUT2D eigenvalue weighted by molar-refractivity contribution is 5.82. The highest BCUT2D eigenvalue weighted by Crippen LogP contribution is 2.50. The van der Waals surface area contributed by atoms with Crippen LogP contribution in [0.25, 0.3) is 0 Å². The molecule has 0 spiro atoms. The molecule has 1 N–H and O–H groups in total. The van der Waals surface area contributed by atoms with E-state index in [9.17, 15) is 14.7 Å². The molecule has 2 amide bonds. The Morgan fingerprint density at radius 2 is 1.81 bits per heavy atom. The summed E-state index contributed by atoms with van der Waals surface area (Å²) in [5.74, 6) is 1.86. The third-order valence-electron chi connectivity index (χ3n) is 7.06. The van der Waals surface area contributed by atoms with Crippen LogP contribution in [0.2, 0.25) is 0 Å². The van der Waals surface area contributed by atoms with Gasteiger partial charge < -0.3 is 14.9 Å². The standard InChI is InChI=1S/C22H30N2O3/c1-4-22(27,15-8-6-5-7-9-15)11-19(25)24-12-17-18(13-24)20(17)23(3)21(26)16-10-14(16)2/h5-9,14,16-18,20,27H,4,10-13H2,1-3H3/t14-,16-,17-,18+,20?,22?/m1/s1. The fraction of sp³-hybridized carbons (Fsp3) is 0.636. The van der Waals surface area contributed by atoms with Crippen molar-refractivity contribution < 1.29 is 14.7 Å². The normalized spacial score (nSPS) is 33.2. The van der Waals surface area contributed by atoms with E-state index in [0.717, 1.165) is 12.0 Å². The Hall–Kier alpha value is -1.88. The van der Waals surface area contributed by atoms with Gasteiger partial charge in [0.15, 0.2) is 0 Å². The minimum Gasteiger partial charge on any atom is -0.385 e. The van der Waals surface area contributed by atoms with Gasteiger partial charge in [-0.1, -0.05) is 44.2 Å². The Labute approximate surface area is 161 Å². The smallest absolute Gasteiger partial charge is 0.225 e. The number of likely N-dealkylation sites (tertiary alicyclic amines) is 1. The predicted molar refractivity (Wildman–Crippen MR) is 103 cm³/mol. The van der Waals surface area contributed by atoms with E-state index in [1.54, 1.807) is 0 Å². The predicted octanol–water partition coefficient (Wildman–Crippen LogP) is 2.25. The number of rotatable bonds is 6. The van der Waals surface area contributed by atoms with E-state index in [0.29, 0.717) is 43.3 Å². The second-order valence-electron chi connectivity index (χ2n) is 8.81. The Morgan fingerprint density at radius 1 is 1.22 bits per heavy atom. The molecule has 2 aliphatic carbocycles. The number of benzene rings is 1. The highest BCUT2D eigenvalue weighted by Gasteiger charge is 2.60. The molecule has 1 saturated heterocycles. The van der Waals surface area contributed by atoms with Crippen LogP contribution in [-0.4, -0.2) is 52.9 Å². The number of hydrogen-bond acceptors (Lipinski definition) is 3. The quantitative estimate of drug-likeness (QED) is 0.835. The minimum atomic E-state index is -1.11. The first-order chi connectivity index (χ1) is 12.9. The molecular weight excluding hydrogens is 340 g/mol. The summed E-state index contributed by atoms with van der Waals surface area (Å²) in [6.07, 6.45) is 1.64. The average molecular weight is 370 g/mol. The number of carbonyl (C=O) groups is 2. The maximum absolute atomic E-state index is 12.8. The van der Waals surface area contributed by atoms with Crippen molar-refractivity contribution in [2.45, 2.75) is 44.8 Å². The zero-order valence-electron chi connectivity index (χ0n) is 16.5. The van der Waals surface area contributed by atoms with E-state index in [1.165, 1.54) is 0 Å². The zero-order chi connectivity index (χ0) is 19.3. The van der Waals surface area contributed by atoms with Gasteiger partial charge in [0.05, 0.1) is 12.0 Å². The molecule has 0 radical (unpaired) electrons. The first-order valence-electron chi connectivity index (χ1n) is 10.2. The topological polar surface area (TPSA) is 60.9 Å². The van der Waals surface area contributed by atoms with Gasteiger partial charge in [-0.25, -0.2) is 0 Å². The van der Waals surface area contributed by atoms with Gasteiger partial charge in [-0.2, -0.15) is 0 Å². The summed E-state index contributed by atoms with van der Waals surface area (Å²) in [7, 11) is 1.92. The fourth-order valence-corrected chi connectivity index (χ4v) is 4.89. The van der Waals surface area contributed by atoms with Gasteiger partial charge in [0, 0.05) is 43.9 Å². The largest absolute Gasteiger partial charge is 0.385 e. The summed E-state index contributed by atoms with van der Waals surface area (Å²) < 4.78 is 0. The van der Waals surface area contributed by atoms with Crippen LogP contribution >= 0.6 is 0 Å². The molecule has 0 bridgehead atoms. The van der Waals surface area contributed by atoms with Gasteiger partial charge in [0.1, 0.15) is 0 Å². The minimum absolute atomic E-state index is 0.0129. The van der Waals surface area contributed by atoms with Crippen molar-refractivity contribution in [3.63, 3.8) is 0 Å². The molecule has 1 aromatic rings. The van der Waals surface area contributed by atoms with Gasteiger partial charge in [-0.05, 0) is 24.3 Å². The molecule has 6 atom stereocenters. The number of piperidine rings is 1. The van der Waals surface area contributed by atoms with Crippen molar-refractivity contribution in [1.29, 1.82) is 0 Å². The van der Waals surface area contributed by atoms with Crippen molar-refractivity contribution in [3.8, 4) is 0 Å². The van der Waals surface area contributed by atoms with Crippen molar-refractivity contribution in [1.82, 2.24) is 9.80 Å². The molecule has 27 heavy (non-hydrogen) atoms. The molecule has 5 nitrogen and oxygen atoms in total. The van der Waals surface area contributed by atoms with Crippen molar-refractivity contribution >= 4 is 11.8 Å². The first kappa shape index (κ1) is 18.5. The summed E-state index contributed by atoms with van der Waals surface area (Å²) in [5.41, 5.74) is -0.314. The van der Waals surface area contributed by atoms with E-state index in [1.807, 2.05) is 54.1 Å². The molecule has 3 fully saturated rings. The number of aliphatic hydroxyl groups is 1. The molecule has 1 heterocycles. The SMILES string of the molecule is CCC(O)(CC(=O)N1C[C@@H]2C(N(C)C(=O)[C@@H]3C[C@H]3C)[C@@H]2C1)c1ccccc1. The summed E-state index contributed by atoms with van der Waals surface area (Å²) in [5, 5.41) is 11.0. The maximum Gasteiger partial charge on any atom is 0.225 e. The van der Waals surface area contributed by atoms with Crippen LogP contribution in [-0.2, 0) is 15.2 Å². The number of amides is 2. The van der Waals surface area contributed by atoms with Gasteiger partial charge in [0.2, 0.25) is 11.8 Å². The molecule has 146 valence electrons. The van der Waals surface area contributed by atoms with Crippen LogP contribution in [0.15, 0.2) is 30.3 Å². The third-order valence-corrected chi connectivity index (χ3v) is 7.06. The Morgan fingerprint density at radius 3 is 2.33 bits per heavy atom. The van der Waals surface area contributed by atoms with Crippen LogP contribution in [0.5, 0.6) is 0 Å². The highest BCUT2D eigenvalue weighted by atomic mass is 16.3. The summed E-state index contributed by atoms with van der Waals surface area (Å²) in [6.45, 7) is 5.46.